The van der Waals surface area contributed by atoms with Gasteiger partial charge in [-0.3, -0.25) is 9.59 Å². The Morgan fingerprint density at radius 3 is 2.52 bits per heavy atom. The summed E-state index contributed by atoms with van der Waals surface area (Å²) in [6.45, 7) is 1.44. The van der Waals surface area contributed by atoms with E-state index in [1.807, 2.05) is 5.32 Å². The fourth-order valence-corrected chi connectivity index (χ4v) is 6.80. The minimum atomic E-state index is -4.78. The molecule has 256 valence electrons. The van der Waals surface area contributed by atoms with Gasteiger partial charge in [0, 0.05) is 18.8 Å². The molecule has 0 spiro atoms. The van der Waals surface area contributed by atoms with Crippen LogP contribution < -0.4 is 10.6 Å². The van der Waals surface area contributed by atoms with Gasteiger partial charge in [-0.15, -0.1) is 0 Å². The summed E-state index contributed by atoms with van der Waals surface area (Å²) in [5, 5.41) is 35.3. The zero-order chi connectivity index (χ0) is 34.0. The van der Waals surface area contributed by atoms with Crippen molar-refractivity contribution in [2.75, 3.05) is 0 Å². The lowest BCUT2D eigenvalue weighted by Crippen LogP contribution is -2.40. The summed E-state index contributed by atoms with van der Waals surface area (Å²) < 4.78 is 80.4. The SMILES string of the molecule is Cc1nonc1[C@@H](O)[C@]1(Cc2cnn3cc([C@@H](NC(=O)c4nonc4C4CC4)C4CCC(F)(F)CC4)nc3c2)C[C@@H](C(F)(F)F)NC1=O. The van der Waals surface area contributed by atoms with E-state index in [4.69, 9.17) is 4.63 Å². The molecule has 0 unspecified atom stereocenters. The van der Waals surface area contributed by atoms with Crippen LogP contribution in [0.4, 0.5) is 22.0 Å². The Labute approximate surface area is 267 Å². The third-order valence-electron chi connectivity index (χ3n) is 9.64. The topological polar surface area (TPSA) is 186 Å². The van der Waals surface area contributed by atoms with Crippen LogP contribution >= 0.6 is 0 Å². The number of nitrogens with one attached hydrogen (secondary N) is 2. The van der Waals surface area contributed by atoms with Gasteiger partial charge in [-0.05, 0) is 68.2 Å². The zero-order valence-corrected chi connectivity index (χ0v) is 25.4. The van der Waals surface area contributed by atoms with Gasteiger partial charge in [0.25, 0.3) is 5.91 Å². The van der Waals surface area contributed by atoms with Gasteiger partial charge in [0.1, 0.15) is 29.2 Å². The second-order valence-corrected chi connectivity index (χ2v) is 13.0. The number of fused-ring (bicyclic) bond motifs is 1. The molecule has 5 heterocycles. The number of hydrogen-bond acceptors (Lipinski definition) is 11. The van der Waals surface area contributed by atoms with Crippen LogP contribution in [0.2, 0.25) is 0 Å². The largest absolute Gasteiger partial charge is 0.408 e. The van der Waals surface area contributed by atoms with Crippen molar-refractivity contribution in [3.63, 3.8) is 0 Å². The van der Waals surface area contributed by atoms with Gasteiger partial charge in [-0.1, -0.05) is 15.5 Å². The fraction of sp³-hybridized carbons (Fsp3) is 0.586. The maximum Gasteiger partial charge on any atom is 0.408 e. The van der Waals surface area contributed by atoms with E-state index < -0.39 is 59.9 Å². The van der Waals surface area contributed by atoms with Crippen LogP contribution in [0.3, 0.4) is 0 Å². The van der Waals surface area contributed by atoms with Crippen molar-refractivity contribution < 1.29 is 45.9 Å². The van der Waals surface area contributed by atoms with Gasteiger partial charge >= 0.3 is 6.18 Å². The summed E-state index contributed by atoms with van der Waals surface area (Å²) in [6.07, 6.45) is -3.79. The van der Waals surface area contributed by atoms with Gasteiger partial charge in [-0.2, -0.15) is 18.3 Å². The quantitative estimate of drug-likeness (QED) is 0.219. The minimum Gasteiger partial charge on any atom is -0.385 e. The predicted molar refractivity (Wildman–Crippen MR) is 149 cm³/mol. The molecule has 7 rings (SSSR count). The molecule has 2 saturated carbocycles. The normalized spacial score (nSPS) is 24.5. The first kappa shape index (κ1) is 32.0. The van der Waals surface area contributed by atoms with E-state index in [0.717, 1.165) is 12.8 Å². The first-order chi connectivity index (χ1) is 22.7. The summed E-state index contributed by atoms with van der Waals surface area (Å²) in [7, 11) is 0. The highest BCUT2D eigenvalue weighted by atomic mass is 19.4. The lowest BCUT2D eigenvalue weighted by atomic mass is 9.73. The molecule has 3 fully saturated rings. The predicted octanol–water partition coefficient (Wildman–Crippen LogP) is 3.69. The molecule has 2 amide bonds. The van der Waals surface area contributed by atoms with Crippen molar-refractivity contribution >= 4 is 17.5 Å². The first-order valence-electron chi connectivity index (χ1n) is 15.4. The summed E-state index contributed by atoms with van der Waals surface area (Å²) in [5.41, 5.74) is -0.855. The maximum atomic E-state index is 14.1. The molecule has 0 radical (unpaired) electrons. The van der Waals surface area contributed by atoms with Crippen molar-refractivity contribution in [1.29, 1.82) is 0 Å². The Bertz CT molecular complexity index is 1840. The van der Waals surface area contributed by atoms with Crippen molar-refractivity contribution in [3.05, 3.63) is 52.5 Å². The third kappa shape index (κ3) is 5.87. The number of carbonyl (C=O) groups excluding carboxylic acids is 2. The van der Waals surface area contributed by atoms with Crippen molar-refractivity contribution in [2.24, 2.45) is 11.3 Å². The molecule has 3 N–H and O–H groups in total. The Morgan fingerprint density at radius 1 is 1.15 bits per heavy atom. The second-order valence-electron chi connectivity index (χ2n) is 13.0. The molecule has 19 heteroatoms. The number of rotatable bonds is 9. The molecular weight excluding hydrogens is 649 g/mol. The van der Waals surface area contributed by atoms with Crippen LogP contribution in [0.25, 0.3) is 5.65 Å². The molecule has 48 heavy (non-hydrogen) atoms. The average Bonchev–Trinajstić information content (AvgIpc) is 3.36. The van der Waals surface area contributed by atoms with Crippen molar-refractivity contribution in [3.8, 4) is 0 Å². The Balaban J connectivity index is 1.21. The second kappa shape index (κ2) is 11.6. The van der Waals surface area contributed by atoms with E-state index in [1.54, 1.807) is 0 Å². The van der Waals surface area contributed by atoms with E-state index >= 15 is 0 Å². The Morgan fingerprint density at radius 2 is 1.88 bits per heavy atom. The van der Waals surface area contributed by atoms with E-state index in [-0.39, 0.29) is 66.3 Å². The van der Waals surface area contributed by atoms with Crippen LogP contribution in [0.1, 0.15) is 102 Å². The number of aryl methyl sites for hydroxylation is 1. The Hall–Kier alpha value is -4.55. The summed E-state index contributed by atoms with van der Waals surface area (Å²) in [5.74, 6) is -4.81. The molecule has 4 aromatic rings. The van der Waals surface area contributed by atoms with Crippen LogP contribution in [0.15, 0.2) is 27.7 Å². The fourth-order valence-electron chi connectivity index (χ4n) is 6.80. The number of halogens is 5. The van der Waals surface area contributed by atoms with E-state index in [1.165, 1.54) is 29.9 Å². The molecule has 4 atom stereocenters. The molecule has 0 bridgehead atoms. The number of hydrogen-bond donors (Lipinski definition) is 3. The zero-order valence-electron chi connectivity index (χ0n) is 25.4. The van der Waals surface area contributed by atoms with Gasteiger partial charge in [0.2, 0.25) is 11.8 Å². The first-order valence-corrected chi connectivity index (χ1v) is 15.4. The van der Waals surface area contributed by atoms with Gasteiger partial charge < -0.3 is 15.7 Å². The molecule has 4 aromatic heterocycles. The van der Waals surface area contributed by atoms with E-state index in [9.17, 15) is 36.6 Å². The van der Waals surface area contributed by atoms with Crippen molar-refractivity contribution in [2.45, 2.75) is 94.5 Å². The number of amides is 2. The number of aliphatic hydroxyl groups excluding tert-OH is 1. The number of carbonyl (C=O) groups is 2. The highest BCUT2D eigenvalue weighted by Crippen LogP contribution is 2.48. The van der Waals surface area contributed by atoms with E-state index in [0.29, 0.717) is 11.4 Å². The number of imidazole rings is 1. The summed E-state index contributed by atoms with van der Waals surface area (Å²) >= 11 is 0. The lowest BCUT2D eigenvalue weighted by Gasteiger charge is -2.33. The monoisotopic (exact) mass is 679 g/mol. The van der Waals surface area contributed by atoms with Crippen LogP contribution in [0, 0.1) is 18.3 Å². The highest BCUT2D eigenvalue weighted by Gasteiger charge is 2.59. The standard InChI is InChI=1S/C29H30F5N9O5/c1-13-20(40-47-39-13)24(44)27(10-18(29(32,33)34)37-26(27)46)9-14-8-19-36-17(12-43(19)35-11-14)21(16-4-6-28(30,31)7-5-16)38-25(45)23-22(15-2-3-15)41-48-42-23/h8,11-12,15-16,18,21,24,44H,2-7,9-10H2,1H3,(H,37,46)(H,38,45)/t18-,21-,24+,27-/m0/s1. The summed E-state index contributed by atoms with van der Waals surface area (Å²) in [4.78, 5) is 31.3. The number of aliphatic hydroxyl groups is 1. The van der Waals surface area contributed by atoms with Gasteiger partial charge in [0.15, 0.2) is 11.3 Å². The molecule has 0 aromatic carbocycles. The maximum absolute atomic E-state index is 14.1. The van der Waals surface area contributed by atoms with E-state index in [2.05, 4.69) is 40.7 Å². The highest BCUT2D eigenvalue weighted by molar-refractivity contribution is 5.93. The number of aromatic nitrogens is 7. The molecule has 1 saturated heterocycles. The minimum absolute atomic E-state index is 0.0150. The van der Waals surface area contributed by atoms with Gasteiger partial charge in [-0.25, -0.2) is 27.5 Å². The van der Waals surface area contributed by atoms with Gasteiger partial charge in [0.05, 0.1) is 29.5 Å². The molecule has 3 aliphatic rings. The Kier molecular flexibility index (Phi) is 7.71. The average molecular weight is 680 g/mol. The summed E-state index contributed by atoms with van der Waals surface area (Å²) in [6, 6.07) is -1.55. The number of alkyl halides is 5. The molecular formula is C29H30F5N9O5. The van der Waals surface area contributed by atoms with Crippen molar-refractivity contribution in [1.82, 2.24) is 45.9 Å². The third-order valence-corrected chi connectivity index (χ3v) is 9.64. The van der Waals surface area contributed by atoms with Crippen LogP contribution in [0.5, 0.6) is 0 Å². The molecule has 1 aliphatic heterocycles. The molecule has 2 aliphatic carbocycles. The number of nitrogens with zero attached hydrogens (tertiary/aromatic N) is 7. The lowest BCUT2D eigenvalue weighted by molar-refractivity contribution is -0.155. The van der Waals surface area contributed by atoms with Crippen LogP contribution in [-0.2, 0) is 11.2 Å². The molecule has 14 nitrogen and oxygen atoms in total. The van der Waals surface area contributed by atoms with Crippen LogP contribution in [-0.4, -0.2) is 70.3 Å². The smallest absolute Gasteiger partial charge is 0.385 e.